The molecule has 6 aromatic rings. The van der Waals surface area contributed by atoms with E-state index in [9.17, 15) is 14.7 Å². The highest BCUT2D eigenvalue weighted by atomic mass is 16.7. The summed E-state index contributed by atoms with van der Waals surface area (Å²) in [6, 6.07) is 30.8. The number of aliphatic hydroxyl groups is 1. The first kappa shape index (κ1) is 33.0. The van der Waals surface area contributed by atoms with Crippen LogP contribution < -0.4 is 11.0 Å². The highest BCUT2D eigenvalue weighted by molar-refractivity contribution is 6.03. The fourth-order valence-electron chi connectivity index (χ4n) is 7.36. The van der Waals surface area contributed by atoms with Gasteiger partial charge in [0.25, 0.3) is 5.91 Å². The van der Waals surface area contributed by atoms with Crippen molar-refractivity contribution < 1.29 is 19.4 Å². The lowest BCUT2D eigenvalue weighted by molar-refractivity contribution is -0.276. The molecular weight excluding hydrogens is 644 g/mol. The molecule has 2 aliphatic rings. The summed E-state index contributed by atoms with van der Waals surface area (Å²) in [4.78, 5) is 40.1. The molecule has 4 heterocycles. The van der Waals surface area contributed by atoms with Crippen molar-refractivity contribution in [3.05, 3.63) is 136 Å². The summed E-state index contributed by atoms with van der Waals surface area (Å²) >= 11 is 0. The molecular formula is C40H40N6O5. The van der Waals surface area contributed by atoms with Crippen LogP contribution in [0.1, 0.15) is 65.4 Å². The van der Waals surface area contributed by atoms with Gasteiger partial charge >= 0.3 is 5.69 Å². The summed E-state index contributed by atoms with van der Waals surface area (Å²) in [6.07, 6.45) is 2.21. The van der Waals surface area contributed by atoms with Gasteiger partial charge in [0.2, 0.25) is 0 Å². The molecule has 0 spiro atoms. The second-order valence-corrected chi connectivity index (χ2v) is 13.5. The number of benzene rings is 4. The van der Waals surface area contributed by atoms with E-state index >= 15 is 0 Å². The van der Waals surface area contributed by atoms with Crippen LogP contribution in [-0.4, -0.2) is 61.2 Å². The number of fused-ring (bicyclic) bond motifs is 2. The Balaban J connectivity index is 0.977. The number of ether oxygens (including phenoxy) is 2. The van der Waals surface area contributed by atoms with Crippen LogP contribution in [0, 0.1) is 5.92 Å². The van der Waals surface area contributed by atoms with Gasteiger partial charge in [-0.1, -0.05) is 67.6 Å². The molecule has 51 heavy (non-hydrogen) atoms. The lowest BCUT2D eigenvalue weighted by Crippen LogP contribution is -2.47. The van der Waals surface area contributed by atoms with Crippen LogP contribution in [0.25, 0.3) is 22.1 Å². The molecule has 2 fully saturated rings. The van der Waals surface area contributed by atoms with Crippen molar-refractivity contribution >= 4 is 33.7 Å². The van der Waals surface area contributed by atoms with Gasteiger partial charge in [0.15, 0.2) is 6.29 Å². The number of aliphatic hydroxyl groups excluding tert-OH is 1. The van der Waals surface area contributed by atoms with E-state index < -0.39 is 6.29 Å². The Morgan fingerprint density at radius 2 is 1.61 bits per heavy atom. The zero-order chi connectivity index (χ0) is 34.9. The molecule has 2 aromatic heterocycles. The lowest BCUT2D eigenvalue weighted by atomic mass is 9.89. The molecule has 0 aliphatic carbocycles. The average molecular weight is 685 g/mol. The first-order valence-electron chi connectivity index (χ1n) is 17.5. The van der Waals surface area contributed by atoms with E-state index in [1.165, 1.54) is 6.20 Å². The fourth-order valence-corrected chi connectivity index (χ4v) is 7.36. The van der Waals surface area contributed by atoms with Crippen LogP contribution in [-0.2, 0) is 16.1 Å². The summed E-state index contributed by atoms with van der Waals surface area (Å²) in [5.41, 5.74) is 6.72. The molecule has 8 rings (SSSR count). The van der Waals surface area contributed by atoms with Crippen LogP contribution in [0.2, 0.25) is 0 Å². The molecule has 4 aromatic carbocycles. The number of piperidine rings is 1. The van der Waals surface area contributed by atoms with Gasteiger partial charge in [0, 0.05) is 42.8 Å². The van der Waals surface area contributed by atoms with Crippen molar-refractivity contribution in [2.45, 2.75) is 50.9 Å². The van der Waals surface area contributed by atoms with Crippen molar-refractivity contribution in [1.29, 1.82) is 0 Å². The number of imidazole rings is 1. The maximum atomic E-state index is 13.0. The molecule has 0 bridgehead atoms. The number of H-pyrrole nitrogens is 1. The quantitative estimate of drug-likeness (QED) is 0.174. The third-order valence-corrected chi connectivity index (χ3v) is 10.2. The summed E-state index contributed by atoms with van der Waals surface area (Å²) in [7, 11) is 0. The van der Waals surface area contributed by atoms with Crippen molar-refractivity contribution in [2.24, 2.45) is 5.92 Å². The minimum absolute atomic E-state index is 0.0212. The molecule has 2 aliphatic heterocycles. The minimum atomic E-state index is -0.632. The molecule has 3 N–H and O–H groups in total. The topological polar surface area (TPSA) is 135 Å². The maximum absolute atomic E-state index is 13.0. The minimum Gasteiger partial charge on any atom is -0.392 e. The average Bonchev–Trinajstić information content (AvgIpc) is 3.51. The summed E-state index contributed by atoms with van der Waals surface area (Å²) in [5.74, 6) is -0.304. The smallest absolute Gasteiger partial charge is 0.326 e. The number of nitrogens with zero attached hydrogens (tertiary/aromatic N) is 4. The predicted molar refractivity (Wildman–Crippen MR) is 194 cm³/mol. The van der Waals surface area contributed by atoms with Crippen molar-refractivity contribution in [1.82, 2.24) is 24.4 Å². The number of amides is 1. The standard InChI is InChI=1S/C40H40N6O5/c1-25-36(23-45-20-18-30(19-21-45)46-35-9-5-4-8-33(35)44-40(46)49)50-39(51-37(25)27-12-10-26(24-47)11-13-27)28-14-16-29(17-15-28)42-38(48)34-22-41-31-6-2-3-7-32(31)43-34/h2-17,22,25,30,36-37,39,47H,18-21,23-24H2,1H3,(H,42,48)(H,44,49)/t25-,36+,37+,39+/m1/s1. The van der Waals surface area contributed by atoms with Gasteiger partial charge in [0.05, 0.1) is 47.1 Å². The largest absolute Gasteiger partial charge is 0.392 e. The number of carbonyl (C=O) groups is 1. The molecule has 0 radical (unpaired) electrons. The number of hydrogen-bond donors (Lipinski definition) is 3. The first-order valence-corrected chi connectivity index (χ1v) is 17.5. The van der Waals surface area contributed by atoms with Crippen LogP contribution in [0.3, 0.4) is 0 Å². The lowest BCUT2D eigenvalue weighted by Gasteiger charge is -2.44. The van der Waals surface area contributed by atoms with Crippen LogP contribution in [0.4, 0.5) is 5.69 Å². The van der Waals surface area contributed by atoms with Crippen LogP contribution in [0.5, 0.6) is 0 Å². The molecule has 2 saturated heterocycles. The van der Waals surface area contributed by atoms with E-state index in [2.05, 4.69) is 32.1 Å². The molecule has 11 heteroatoms. The van der Waals surface area contributed by atoms with Gasteiger partial charge in [-0.25, -0.2) is 9.78 Å². The van der Waals surface area contributed by atoms with E-state index in [-0.39, 0.29) is 48.1 Å². The third kappa shape index (κ3) is 6.81. The first-order chi connectivity index (χ1) is 24.9. The van der Waals surface area contributed by atoms with E-state index in [0.29, 0.717) is 11.2 Å². The highest BCUT2D eigenvalue weighted by Gasteiger charge is 2.39. The number of aromatic nitrogens is 4. The van der Waals surface area contributed by atoms with E-state index in [4.69, 9.17) is 9.47 Å². The zero-order valence-corrected chi connectivity index (χ0v) is 28.3. The molecule has 11 nitrogen and oxygen atoms in total. The molecule has 260 valence electrons. The Morgan fingerprint density at radius 3 is 2.37 bits per heavy atom. The number of nitrogens with one attached hydrogen (secondary N) is 2. The van der Waals surface area contributed by atoms with Crippen LogP contribution in [0.15, 0.2) is 108 Å². The predicted octanol–water partition coefficient (Wildman–Crippen LogP) is 6.15. The molecule has 0 unspecified atom stereocenters. The summed E-state index contributed by atoms with van der Waals surface area (Å²) in [5, 5.41) is 12.5. The van der Waals surface area contributed by atoms with Crippen molar-refractivity contribution in [3.8, 4) is 0 Å². The molecule has 4 atom stereocenters. The Morgan fingerprint density at radius 1 is 0.902 bits per heavy atom. The third-order valence-electron chi connectivity index (χ3n) is 10.2. The van der Waals surface area contributed by atoms with Gasteiger partial charge in [-0.15, -0.1) is 0 Å². The molecule has 0 saturated carbocycles. The Hall–Kier alpha value is -5.20. The number of likely N-dealkylation sites (tertiary alicyclic amines) is 1. The van der Waals surface area contributed by atoms with Gasteiger partial charge in [-0.3, -0.25) is 14.3 Å². The monoisotopic (exact) mass is 684 g/mol. The summed E-state index contributed by atoms with van der Waals surface area (Å²) < 4.78 is 15.3. The summed E-state index contributed by atoms with van der Waals surface area (Å²) in [6.45, 7) is 4.56. The number of carbonyl (C=O) groups excluding carboxylic acids is 1. The van der Waals surface area contributed by atoms with Gasteiger partial charge < -0.3 is 29.8 Å². The number of anilines is 1. The SMILES string of the molecule is C[C@@H]1[C@H](CN2CCC(n3c(=O)[nH]c4ccccc43)CC2)O[C@H](c2ccc(NC(=O)c3cnc4ccccc4n3)cc2)O[C@@H]1c1ccc(CO)cc1. The maximum Gasteiger partial charge on any atom is 0.326 e. The Labute approximate surface area is 294 Å². The van der Waals surface area contributed by atoms with Gasteiger partial charge in [0.1, 0.15) is 5.69 Å². The normalized spacial score (nSPS) is 21.6. The van der Waals surface area contributed by atoms with E-state index in [1.54, 1.807) is 0 Å². The fraction of sp³-hybridized carbons (Fsp3) is 0.300. The van der Waals surface area contributed by atoms with E-state index in [0.717, 1.165) is 65.7 Å². The van der Waals surface area contributed by atoms with Crippen molar-refractivity contribution in [2.75, 3.05) is 25.0 Å². The number of aromatic amines is 1. The number of rotatable bonds is 8. The Bertz CT molecular complexity index is 2210. The van der Waals surface area contributed by atoms with Gasteiger partial charge in [-0.2, -0.15) is 0 Å². The van der Waals surface area contributed by atoms with Crippen LogP contribution >= 0.6 is 0 Å². The second-order valence-electron chi connectivity index (χ2n) is 13.5. The number of para-hydroxylation sites is 4. The van der Waals surface area contributed by atoms with E-state index in [1.807, 2.05) is 102 Å². The zero-order valence-electron chi connectivity index (χ0n) is 28.3. The highest BCUT2D eigenvalue weighted by Crippen LogP contribution is 2.42. The van der Waals surface area contributed by atoms with Gasteiger partial charge in [-0.05, 0) is 60.4 Å². The number of hydrogen-bond acceptors (Lipinski definition) is 8. The van der Waals surface area contributed by atoms with Crippen molar-refractivity contribution in [3.63, 3.8) is 0 Å². The Kier molecular flexibility index (Phi) is 9.18. The second kappa shape index (κ2) is 14.2. The molecule has 1 amide bonds.